The maximum atomic E-state index is 14.0. The fourth-order valence-corrected chi connectivity index (χ4v) is 5.45. The van der Waals surface area contributed by atoms with Crippen LogP contribution in [0.4, 0.5) is 0 Å². The molecule has 2 fully saturated rings. The second-order valence-electron chi connectivity index (χ2n) is 9.09. The van der Waals surface area contributed by atoms with Crippen LogP contribution in [0.25, 0.3) is 0 Å². The molecule has 0 bridgehead atoms. The first-order chi connectivity index (χ1) is 16.0. The number of carbonyl (C=O) groups is 2. The fraction of sp³-hybridized carbons (Fsp3) is 0.500. The van der Waals surface area contributed by atoms with Crippen molar-refractivity contribution in [1.29, 1.82) is 0 Å². The molecule has 2 aliphatic heterocycles. The van der Waals surface area contributed by atoms with Crippen LogP contribution in [0.2, 0.25) is 0 Å². The van der Waals surface area contributed by atoms with Crippen molar-refractivity contribution in [3.8, 4) is 11.5 Å². The van der Waals surface area contributed by atoms with E-state index < -0.39 is 0 Å². The normalized spacial score (nSPS) is 22.8. The minimum Gasteiger partial charge on any atom is -0.493 e. The van der Waals surface area contributed by atoms with Crippen molar-refractivity contribution in [2.75, 3.05) is 20.2 Å². The zero-order valence-electron chi connectivity index (χ0n) is 19.8. The van der Waals surface area contributed by atoms with Gasteiger partial charge in [0.15, 0.2) is 11.5 Å². The lowest BCUT2D eigenvalue weighted by molar-refractivity contribution is -0.138. The van der Waals surface area contributed by atoms with Crippen LogP contribution in [0.5, 0.6) is 11.5 Å². The molecule has 2 aliphatic rings. The molecule has 0 unspecified atom stereocenters. The Labute approximate surface area is 195 Å². The van der Waals surface area contributed by atoms with Crippen LogP contribution in [0.3, 0.4) is 0 Å². The Bertz CT molecular complexity index is 996. The first kappa shape index (κ1) is 23.1. The van der Waals surface area contributed by atoms with Gasteiger partial charge in [-0.2, -0.15) is 0 Å². The number of methoxy groups -OCH3 is 1. The van der Waals surface area contributed by atoms with Crippen LogP contribution in [0.15, 0.2) is 42.6 Å². The highest BCUT2D eigenvalue weighted by atomic mass is 16.5. The number of aromatic nitrogens is 1. The molecule has 0 N–H and O–H groups in total. The van der Waals surface area contributed by atoms with Gasteiger partial charge in [-0.3, -0.25) is 14.6 Å². The van der Waals surface area contributed by atoms with E-state index in [2.05, 4.69) is 11.9 Å². The number of pyridine rings is 1. The molecular formula is C26H33N3O4. The number of nitrogens with zero attached hydrogens (tertiary/aromatic N) is 3. The molecule has 7 heteroatoms. The van der Waals surface area contributed by atoms with E-state index in [1.807, 2.05) is 34.1 Å². The van der Waals surface area contributed by atoms with Crippen molar-refractivity contribution in [3.05, 3.63) is 53.9 Å². The Morgan fingerprint density at radius 1 is 1.12 bits per heavy atom. The highest BCUT2D eigenvalue weighted by Gasteiger charge is 2.48. The molecule has 33 heavy (non-hydrogen) atoms. The second-order valence-corrected chi connectivity index (χ2v) is 9.09. The summed E-state index contributed by atoms with van der Waals surface area (Å²) in [6, 6.07) is 11.0. The van der Waals surface area contributed by atoms with Gasteiger partial charge in [0.25, 0.3) is 5.91 Å². The first-order valence-electron chi connectivity index (χ1n) is 11.7. The number of likely N-dealkylation sites (tertiary alicyclic amines) is 2. The lowest BCUT2D eigenvalue weighted by Crippen LogP contribution is -2.64. The van der Waals surface area contributed by atoms with E-state index in [1.165, 1.54) is 0 Å². The van der Waals surface area contributed by atoms with Gasteiger partial charge < -0.3 is 19.3 Å². The van der Waals surface area contributed by atoms with Gasteiger partial charge in [0.2, 0.25) is 5.91 Å². The molecule has 2 atom stereocenters. The summed E-state index contributed by atoms with van der Waals surface area (Å²) in [5.41, 5.74) is 0.894. The van der Waals surface area contributed by atoms with Crippen LogP contribution in [-0.2, 0) is 11.4 Å². The monoisotopic (exact) mass is 451 g/mol. The van der Waals surface area contributed by atoms with Gasteiger partial charge in [0.05, 0.1) is 29.9 Å². The molecule has 1 aromatic carbocycles. The number of carbonyl (C=O) groups excluding carboxylic acids is 2. The molecular weight excluding hydrogens is 418 g/mol. The third kappa shape index (κ3) is 4.54. The van der Waals surface area contributed by atoms with Crippen molar-refractivity contribution in [3.63, 3.8) is 0 Å². The van der Waals surface area contributed by atoms with Gasteiger partial charge in [-0.15, -0.1) is 0 Å². The number of ether oxygens (including phenoxy) is 2. The van der Waals surface area contributed by atoms with Crippen molar-refractivity contribution in [1.82, 2.24) is 14.8 Å². The highest BCUT2D eigenvalue weighted by Crippen LogP contribution is 2.40. The second kappa shape index (κ2) is 9.81. The summed E-state index contributed by atoms with van der Waals surface area (Å²) in [6.45, 7) is 5.44. The Balaban J connectivity index is 1.66. The molecule has 0 saturated carbocycles. The Morgan fingerprint density at radius 2 is 1.97 bits per heavy atom. The zero-order valence-corrected chi connectivity index (χ0v) is 19.8. The van der Waals surface area contributed by atoms with Gasteiger partial charge in [0.1, 0.15) is 6.61 Å². The summed E-state index contributed by atoms with van der Waals surface area (Å²) in [5, 5.41) is 0. The Morgan fingerprint density at radius 3 is 2.70 bits per heavy atom. The number of piperidine rings is 1. The molecule has 0 radical (unpaired) electrons. The largest absolute Gasteiger partial charge is 0.493 e. The van der Waals surface area contributed by atoms with Crippen LogP contribution in [0.1, 0.15) is 62.0 Å². The Kier molecular flexibility index (Phi) is 6.86. The van der Waals surface area contributed by atoms with E-state index in [1.54, 1.807) is 32.4 Å². The molecule has 1 aromatic heterocycles. The number of amides is 2. The van der Waals surface area contributed by atoms with E-state index >= 15 is 0 Å². The topological polar surface area (TPSA) is 72.0 Å². The lowest BCUT2D eigenvalue weighted by atomic mass is 9.79. The first-order valence-corrected chi connectivity index (χ1v) is 11.7. The smallest absolute Gasteiger partial charge is 0.258 e. The average Bonchev–Trinajstić information content (AvgIpc) is 3.01. The van der Waals surface area contributed by atoms with Crippen LogP contribution in [0, 0.1) is 0 Å². The summed E-state index contributed by atoms with van der Waals surface area (Å²) in [6.07, 6.45) is 6.33. The van der Waals surface area contributed by atoms with Gasteiger partial charge >= 0.3 is 0 Å². The molecule has 2 saturated heterocycles. The number of hydrogen-bond donors (Lipinski definition) is 0. The third-order valence-electron chi connectivity index (χ3n) is 7.06. The molecule has 4 rings (SSSR count). The molecule has 2 aromatic rings. The zero-order chi connectivity index (χ0) is 23.4. The van der Waals surface area contributed by atoms with Gasteiger partial charge in [-0.25, -0.2) is 0 Å². The SMILES string of the molecule is COc1cccc(C(=O)N2CCC[C@@]3(C)[C@@H]2CCCCN3C(C)=O)c1OCc1ccccn1. The summed E-state index contributed by atoms with van der Waals surface area (Å²) >= 11 is 0. The molecule has 2 amide bonds. The average molecular weight is 452 g/mol. The molecule has 176 valence electrons. The van der Waals surface area contributed by atoms with Crippen molar-refractivity contribution >= 4 is 11.8 Å². The maximum Gasteiger partial charge on any atom is 0.258 e. The number of rotatable bonds is 5. The maximum absolute atomic E-state index is 14.0. The third-order valence-corrected chi connectivity index (χ3v) is 7.06. The molecule has 0 spiro atoms. The lowest BCUT2D eigenvalue weighted by Gasteiger charge is -2.52. The van der Waals surface area contributed by atoms with Crippen molar-refractivity contribution < 1.29 is 19.1 Å². The Hall–Kier alpha value is -3.09. The standard InChI is InChI=1S/C26H33N3O4/c1-19(30)29-17-7-5-13-23-26(29,2)14-9-16-28(23)25(31)21-11-8-12-22(32-3)24(21)33-18-20-10-4-6-15-27-20/h4,6,8,10-12,15,23H,5,7,9,13-14,16-18H2,1-3H3/t23-,26-/m0/s1. The van der Waals surface area contributed by atoms with E-state index in [-0.39, 0.29) is 30.0 Å². The van der Waals surface area contributed by atoms with Gasteiger partial charge in [-0.05, 0) is 63.3 Å². The van der Waals surface area contributed by atoms with E-state index in [9.17, 15) is 9.59 Å². The van der Waals surface area contributed by atoms with Crippen LogP contribution in [-0.4, -0.2) is 58.4 Å². The summed E-state index contributed by atoms with van der Waals surface area (Å²) in [5.74, 6) is 0.952. The van der Waals surface area contributed by atoms with Gasteiger partial charge in [-0.1, -0.05) is 12.1 Å². The number of fused-ring (bicyclic) bond motifs is 1. The predicted molar refractivity (Wildman–Crippen MR) is 125 cm³/mol. The van der Waals surface area contributed by atoms with Gasteiger partial charge in [0, 0.05) is 26.2 Å². The number of benzene rings is 1. The van der Waals surface area contributed by atoms with Crippen LogP contribution < -0.4 is 9.47 Å². The number of hydrogen-bond acceptors (Lipinski definition) is 5. The molecule has 0 aliphatic carbocycles. The summed E-state index contributed by atoms with van der Waals surface area (Å²) in [7, 11) is 1.57. The fourth-order valence-electron chi connectivity index (χ4n) is 5.45. The predicted octanol–water partition coefficient (Wildman–Crippen LogP) is 4.06. The quantitative estimate of drug-likeness (QED) is 0.685. The summed E-state index contributed by atoms with van der Waals surface area (Å²) in [4.78, 5) is 34.7. The molecule has 3 heterocycles. The van der Waals surface area contributed by atoms with Crippen LogP contribution >= 0.6 is 0 Å². The van der Waals surface area contributed by atoms with Crippen molar-refractivity contribution in [2.45, 2.75) is 64.1 Å². The van der Waals surface area contributed by atoms with E-state index in [0.29, 0.717) is 23.6 Å². The van der Waals surface area contributed by atoms with E-state index in [0.717, 1.165) is 44.3 Å². The number of para-hydroxylation sites is 1. The summed E-state index contributed by atoms with van der Waals surface area (Å²) < 4.78 is 11.6. The molecule has 7 nitrogen and oxygen atoms in total. The minimum atomic E-state index is -0.357. The minimum absolute atomic E-state index is 0.0278. The van der Waals surface area contributed by atoms with E-state index in [4.69, 9.17) is 9.47 Å². The highest BCUT2D eigenvalue weighted by molar-refractivity contribution is 5.98. The van der Waals surface area contributed by atoms with Crippen molar-refractivity contribution in [2.24, 2.45) is 0 Å².